The quantitative estimate of drug-likeness (QED) is 0.404. The van der Waals surface area contributed by atoms with E-state index in [9.17, 15) is 0 Å². The molecule has 0 aliphatic heterocycles. The fourth-order valence-corrected chi connectivity index (χ4v) is 2.76. The highest BCUT2D eigenvalue weighted by atomic mass is 79.9. The third-order valence-corrected chi connectivity index (χ3v) is 4.03. The van der Waals surface area contributed by atoms with Crippen LogP contribution in [0.25, 0.3) is 0 Å². The van der Waals surface area contributed by atoms with E-state index in [1.165, 1.54) is 24.2 Å². The lowest BCUT2D eigenvalue weighted by atomic mass is 10.3. The summed E-state index contributed by atoms with van der Waals surface area (Å²) in [6.07, 6.45) is 3.83. The molecule has 0 radical (unpaired) electrons. The van der Waals surface area contributed by atoms with Crippen molar-refractivity contribution in [1.29, 1.82) is 0 Å². The van der Waals surface area contributed by atoms with Crippen LogP contribution in [0, 0.1) is 0 Å². The Morgan fingerprint density at radius 3 is 2.64 bits per heavy atom. The predicted octanol–water partition coefficient (Wildman–Crippen LogP) is 5.00. The lowest BCUT2D eigenvalue weighted by Crippen LogP contribution is -1.82. The maximum absolute atomic E-state index is 6.04. The molecular weight excluding hydrogens is 280 g/mol. The molecule has 0 amide bonds. The molecule has 78 valence electrons. The molecule has 3 heteroatoms. The van der Waals surface area contributed by atoms with Crippen LogP contribution in [0.4, 0.5) is 0 Å². The first-order valence-corrected chi connectivity index (χ1v) is 7.26. The van der Waals surface area contributed by atoms with Gasteiger partial charge in [-0.25, -0.2) is 0 Å². The van der Waals surface area contributed by atoms with Gasteiger partial charge >= 0.3 is 0 Å². The van der Waals surface area contributed by atoms with E-state index in [0.717, 1.165) is 16.1 Å². The van der Waals surface area contributed by atoms with Crippen molar-refractivity contribution in [2.75, 3.05) is 11.1 Å². The van der Waals surface area contributed by atoms with Gasteiger partial charge in [0.1, 0.15) is 0 Å². The van der Waals surface area contributed by atoms with Crippen molar-refractivity contribution in [1.82, 2.24) is 0 Å². The summed E-state index contributed by atoms with van der Waals surface area (Å²) >= 11 is 11.3. The number of alkyl halides is 1. The fourth-order valence-electron chi connectivity index (χ4n) is 1.12. The van der Waals surface area contributed by atoms with Gasteiger partial charge in [-0.1, -0.05) is 46.1 Å². The Kier molecular flexibility index (Phi) is 6.74. The monoisotopic (exact) mass is 292 g/mol. The zero-order valence-corrected chi connectivity index (χ0v) is 11.2. The highest BCUT2D eigenvalue weighted by Gasteiger charge is 1.98. The number of thioether (sulfide) groups is 1. The van der Waals surface area contributed by atoms with Crippen molar-refractivity contribution < 1.29 is 0 Å². The molecule has 0 nitrogen and oxygen atoms in total. The molecule has 0 N–H and O–H groups in total. The summed E-state index contributed by atoms with van der Waals surface area (Å²) in [5.41, 5.74) is 0. The number of halogens is 2. The van der Waals surface area contributed by atoms with Crippen molar-refractivity contribution in [3.63, 3.8) is 0 Å². The third kappa shape index (κ3) is 4.72. The summed E-state index contributed by atoms with van der Waals surface area (Å²) in [5, 5.41) is 1.99. The van der Waals surface area contributed by atoms with Crippen molar-refractivity contribution >= 4 is 39.3 Å². The Labute approximate surface area is 104 Å². The molecule has 0 saturated heterocycles. The van der Waals surface area contributed by atoms with Crippen LogP contribution in [-0.4, -0.2) is 11.1 Å². The first-order chi connectivity index (χ1) is 6.84. The summed E-state index contributed by atoms with van der Waals surface area (Å²) in [4.78, 5) is 1.20. The topological polar surface area (TPSA) is 0 Å². The highest BCUT2D eigenvalue weighted by Crippen LogP contribution is 2.27. The molecule has 0 aliphatic carbocycles. The second kappa shape index (κ2) is 7.61. The molecule has 0 spiro atoms. The number of unbranched alkanes of at least 4 members (excludes halogenated alkanes) is 2. The summed E-state index contributed by atoms with van der Waals surface area (Å²) in [7, 11) is 0. The van der Waals surface area contributed by atoms with E-state index in [1.54, 1.807) is 0 Å². The standard InChI is InChI=1S/C11H14BrClS/c12-8-4-1-5-9-14-11-7-3-2-6-10(11)13/h2-3,6-7H,1,4-5,8-9H2. The van der Waals surface area contributed by atoms with E-state index in [-0.39, 0.29) is 0 Å². The first kappa shape index (κ1) is 12.4. The van der Waals surface area contributed by atoms with Crippen LogP contribution in [0.5, 0.6) is 0 Å². The maximum atomic E-state index is 6.04. The van der Waals surface area contributed by atoms with E-state index in [4.69, 9.17) is 11.6 Å². The number of hydrogen-bond donors (Lipinski definition) is 0. The fraction of sp³-hybridized carbons (Fsp3) is 0.455. The Hall–Kier alpha value is 0.340. The van der Waals surface area contributed by atoms with Crippen LogP contribution < -0.4 is 0 Å². The van der Waals surface area contributed by atoms with E-state index < -0.39 is 0 Å². The van der Waals surface area contributed by atoms with Crippen molar-refractivity contribution in [2.45, 2.75) is 24.2 Å². The van der Waals surface area contributed by atoms with Gasteiger partial charge < -0.3 is 0 Å². The molecule has 0 aromatic heterocycles. The Bertz CT molecular complexity index is 265. The van der Waals surface area contributed by atoms with E-state index >= 15 is 0 Å². The predicted molar refractivity (Wildman–Crippen MR) is 69.8 cm³/mol. The highest BCUT2D eigenvalue weighted by molar-refractivity contribution is 9.09. The molecule has 1 aromatic carbocycles. The van der Waals surface area contributed by atoms with Gasteiger partial charge in [-0.2, -0.15) is 0 Å². The Balaban J connectivity index is 2.21. The number of hydrogen-bond acceptors (Lipinski definition) is 1. The molecule has 0 unspecified atom stereocenters. The second-order valence-corrected chi connectivity index (χ2v) is 5.37. The van der Waals surface area contributed by atoms with Crippen LogP contribution in [0.1, 0.15) is 19.3 Å². The van der Waals surface area contributed by atoms with Crippen LogP contribution in [-0.2, 0) is 0 Å². The summed E-state index contributed by atoms with van der Waals surface area (Å²) in [6, 6.07) is 8.03. The van der Waals surface area contributed by atoms with Gasteiger partial charge in [-0.05, 0) is 30.7 Å². The van der Waals surface area contributed by atoms with Gasteiger partial charge in [0.05, 0.1) is 5.02 Å². The van der Waals surface area contributed by atoms with Gasteiger partial charge in [0.25, 0.3) is 0 Å². The molecule has 0 fully saturated rings. The minimum atomic E-state index is 0.873. The zero-order valence-electron chi connectivity index (χ0n) is 8.01. The SMILES string of the molecule is Clc1ccccc1SCCCCCBr. The maximum Gasteiger partial charge on any atom is 0.0541 e. The lowest BCUT2D eigenvalue weighted by molar-refractivity contribution is 0.788. The molecule has 0 heterocycles. The van der Waals surface area contributed by atoms with E-state index in [1.807, 2.05) is 30.0 Å². The van der Waals surface area contributed by atoms with Gasteiger partial charge in [-0.3, -0.25) is 0 Å². The molecule has 0 bridgehead atoms. The average molecular weight is 294 g/mol. The first-order valence-electron chi connectivity index (χ1n) is 4.78. The van der Waals surface area contributed by atoms with Crippen molar-refractivity contribution in [2.24, 2.45) is 0 Å². The summed E-state index contributed by atoms with van der Waals surface area (Å²) in [6.45, 7) is 0. The molecule has 0 aliphatic rings. The van der Waals surface area contributed by atoms with E-state index in [2.05, 4.69) is 22.0 Å². The summed E-state index contributed by atoms with van der Waals surface area (Å²) in [5.74, 6) is 1.16. The Morgan fingerprint density at radius 1 is 1.14 bits per heavy atom. The normalized spacial score (nSPS) is 10.4. The molecule has 0 atom stereocenters. The van der Waals surface area contributed by atoms with Crippen LogP contribution >= 0.6 is 39.3 Å². The van der Waals surface area contributed by atoms with Crippen LogP contribution in [0.2, 0.25) is 5.02 Å². The molecule has 1 aromatic rings. The third-order valence-electron chi connectivity index (χ3n) is 1.87. The van der Waals surface area contributed by atoms with Crippen molar-refractivity contribution in [3.8, 4) is 0 Å². The number of rotatable bonds is 6. The van der Waals surface area contributed by atoms with E-state index in [0.29, 0.717) is 0 Å². The molecule has 14 heavy (non-hydrogen) atoms. The zero-order chi connectivity index (χ0) is 10.2. The van der Waals surface area contributed by atoms with Crippen LogP contribution in [0.3, 0.4) is 0 Å². The molecule has 0 saturated carbocycles. The average Bonchev–Trinajstić information content (AvgIpc) is 2.20. The Morgan fingerprint density at radius 2 is 1.93 bits per heavy atom. The minimum Gasteiger partial charge on any atom is -0.125 e. The number of benzene rings is 1. The van der Waals surface area contributed by atoms with Crippen molar-refractivity contribution in [3.05, 3.63) is 29.3 Å². The van der Waals surface area contributed by atoms with Gasteiger partial charge in [0.2, 0.25) is 0 Å². The van der Waals surface area contributed by atoms with Gasteiger partial charge in [0, 0.05) is 10.2 Å². The largest absolute Gasteiger partial charge is 0.125 e. The smallest absolute Gasteiger partial charge is 0.0541 e. The van der Waals surface area contributed by atoms with Gasteiger partial charge in [0.15, 0.2) is 0 Å². The van der Waals surface area contributed by atoms with Crippen LogP contribution in [0.15, 0.2) is 29.2 Å². The molecular formula is C11H14BrClS. The lowest BCUT2D eigenvalue weighted by Gasteiger charge is -2.02. The van der Waals surface area contributed by atoms with Gasteiger partial charge in [-0.15, -0.1) is 11.8 Å². The molecule has 1 rings (SSSR count). The minimum absolute atomic E-state index is 0.873. The summed E-state index contributed by atoms with van der Waals surface area (Å²) < 4.78 is 0. The second-order valence-electron chi connectivity index (χ2n) is 3.03.